The monoisotopic (exact) mass is 275 g/mol. The third-order valence-corrected chi connectivity index (χ3v) is 4.99. The summed E-state index contributed by atoms with van der Waals surface area (Å²) in [6, 6.07) is 5.11. The molecule has 3 nitrogen and oxygen atoms in total. The van der Waals surface area contributed by atoms with Gasteiger partial charge in [0.2, 0.25) is 0 Å². The van der Waals surface area contributed by atoms with Gasteiger partial charge in [0.05, 0.1) is 12.7 Å². The lowest BCUT2D eigenvalue weighted by Crippen LogP contribution is -2.54. The fourth-order valence-electron chi connectivity index (χ4n) is 4.06. The Balaban J connectivity index is 1.97. The van der Waals surface area contributed by atoms with Crippen LogP contribution in [-0.2, 0) is 5.60 Å². The maximum Gasteiger partial charge on any atom is 0.122 e. The Morgan fingerprint density at radius 3 is 2.40 bits per heavy atom. The van der Waals surface area contributed by atoms with Gasteiger partial charge in [-0.3, -0.25) is 0 Å². The van der Waals surface area contributed by atoms with Crippen molar-refractivity contribution in [1.29, 1.82) is 0 Å². The highest BCUT2D eigenvalue weighted by Crippen LogP contribution is 2.42. The molecule has 2 unspecified atom stereocenters. The minimum absolute atomic E-state index is 0.467. The van der Waals surface area contributed by atoms with Crippen LogP contribution in [0.4, 0.5) is 0 Å². The van der Waals surface area contributed by atoms with Gasteiger partial charge in [0.25, 0.3) is 0 Å². The van der Waals surface area contributed by atoms with E-state index in [-0.39, 0.29) is 0 Å². The van der Waals surface area contributed by atoms with Gasteiger partial charge in [0.1, 0.15) is 5.75 Å². The molecule has 20 heavy (non-hydrogen) atoms. The molecule has 2 aliphatic heterocycles. The molecular formula is C17H25NO2. The lowest BCUT2D eigenvalue weighted by Gasteiger charge is -2.46. The maximum absolute atomic E-state index is 11.2. The maximum atomic E-state index is 11.2. The molecule has 2 fully saturated rings. The molecule has 0 aromatic heterocycles. The molecule has 1 aromatic rings. The Kier molecular flexibility index (Phi) is 3.51. The number of aryl methyl sites for hydroxylation is 2. The predicted octanol–water partition coefficient (Wildman–Crippen LogP) is 2.80. The molecule has 0 amide bonds. The Morgan fingerprint density at radius 1 is 1.15 bits per heavy atom. The van der Waals surface area contributed by atoms with Crippen molar-refractivity contribution in [2.45, 2.75) is 63.6 Å². The van der Waals surface area contributed by atoms with Gasteiger partial charge < -0.3 is 15.2 Å². The first-order valence-corrected chi connectivity index (χ1v) is 7.66. The summed E-state index contributed by atoms with van der Waals surface area (Å²) in [5.41, 5.74) is 2.65. The number of rotatable bonds is 2. The number of methoxy groups -OCH3 is 1. The van der Waals surface area contributed by atoms with E-state index in [1.165, 1.54) is 19.3 Å². The largest absolute Gasteiger partial charge is 0.496 e. The molecule has 2 bridgehead atoms. The molecule has 2 heterocycles. The fourth-order valence-corrected chi connectivity index (χ4v) is 4.06. The van der Waals surface area contributed by atoms with Crippen molar-refractivity contribution in [3.63, 3.8) is 0 Å². The molecule has 110 valence electrons. The summed E-state index contributed by atoms with van der Waals surface area (Å²) in [5.74, 6) is 0.906. The van der Waals surface area contributed by atoms with Crippen LogP contribution in [0.1, 0.15) is 48.8 Å². The van der Waals surface area contributed by atoms with E-state index in [9.17, 15) is 5.11 Å². The number of fused-ring (bicyclic) bond motifs is 2. The zero-order valence-corrected chi connectivity index (χ0v) is 12.7. The van der Waals surface area contributed by atoms with Crippen LogP contribution in [0, 0.1) is 13.8 Å². The Morgan fingerprint density at radius 2 is 1.80 bits per heavy atom. The third-order valence-electron chi connectivity index (χ3n) is 4.99. The number of hydrogen-bond donors (Lipinski definition) is 2. The Hall–Kier alpha value is -1.06. The van der Waals surface area contributed by atoms with E-state index in [1.54, 1.807) is 7.11 Å². The van der Waals surface area contributed by atoms with Crippen molar-refractivity contribution in [2.75, 3.05) is 7.11 Å². The quantitative estimate of drug-likeness (QED) is 0.872. The number of aliphatic hydroxyl groups is 1. The lowest BCUT2D eigenvalue weighted by molar-refractivity contribution is -0.0363. The van der Waals surface area contributed by atoms with Crippen molar-refractivity contribution in [3.8, 4) is 5.75 Å². The first kappa shape index (κ1) is 13.9. The van der Waals surface area contributed by atoms with Crippen molar-refractivity contribution in [1.82, 2.24) is 5.32 Å². The summed E-state index contributed by atoms with van der Waals surface area (Å²) in [6.45, 7) is 4.13. The average molecular weight is 275 g/mol. The molecule has 3 rings (SSSR count). The van der Waals surface area contributed by atoms with Crippen LogP contribution in [0.5, 0.6) is 5.75 Å². The normalized spacial score (nSPS) is 33.0. The SMILES string of the molecule is COc1cc(C)c(C2(O)CC3CCCC(C2)N3)cc1C. The van der Waals surface area contributed by atoms with E-state index in [1.807, 2.05) is 6.92 Å². The zero-order valence-electron chi connectivity index (χ0n) is 12.7. The molecule has 3 heteroatoms. The van der Waals surface area contributed by atoms with Crippen molar-refractivity contribution >= 4 is 0 Å². The van der Waals surface area contributed by atoms with Gasteiger partial charge in [-0.1, -0.05) is 6.42 Å². The molecule has 1 aromatic carbocycles. The van der Waals surface area contributed by atoms with Crippen LogP contribution >= 0.6 is 0 Å². The number of piperidine rings is 2. The second-order valence-corrected chi connectivity index (χ2v) is 6.57. The molecule has 0 radical (unpaired) electrons. The zero-order chi connectivity index (χ0) is 14.3. The van der Waals surface area contributed by atoms with Gasteiger partial charge in [0.15, 0.2) is 0 Å². The molecule has 0 spiro atoms. The summed E-state index contributed by atoms with van der Waals surface area (Å²) in [7, 11) is 1.70. The van der Waals surface area contributed by atoms with E-state index in [0.29, 0.717) is 12.1 Å². The first-order chi connectivity index (χ1) is 9.51. The summed E-state index contributed by atoms with van der Waals surface area (Å²) < 4.78 is 5.38. The van der Waals surface area contributed by atoms with Gasteiger partial charge in [-0.25, -0.2) is 0 Å². The molecule has 2 aliphatic rings. The van der Waals surface area contributed by atoms with Gasteiger partial charge >= 0.3 is 0 Å². The predicted molar refractivity (Wildman–Crippen MR) is 80.2 cm³/mol. The van der Waals surface area contributed by atoms with Crippen LogP contribution in [0.15, 0.2) is 12.1 Å². The van der Waals surface area contributed by atoms with Gasteiger partial charge in [-0.2, -0.15) is 0 Å². The van der Waals surface area contributed by atoms with Crippen LogP contribution in [0.2, 0.25) is 0 Å². The fraction of sp³-hybridized carbons (Fsp3) is 0.647. The number of ether oxygens (including phenoxy) is 1. The highest BCUT2D eigenvalue weighted by molar-refractivity contribution is 5.44. The lowest BCUT2D eigenvalue weighted by atomic mass is 9.72. The van der Waals surface area contributed by atoms with E-state index in [2.05, 4.69) is 24.4 Å². The molecule has 0 aliphatic carbocycles. The Bertz CT molecular complexity index is 500. The van der Waals surface area contributed by atoms with Crippen LogP contribution < -0.4 is 10.1 Å². The smallest absolute Gasteiger partial charge is 0.122 e. The van der Waals surface area contributed by atoms with E-state index >= 15 is 0 Å². The van der Waals surface area contributed by atoms with Crippen LogP contribution in [0.25, 0.3) is 0 Å². The Labute approximate surface area is 121 Å². The summed E-state index contributed by atoms with van der Waals surface area (Å²) >= 11 is 0. The van der Waals surface area contributed by atoms with Crippen molar-refractivity contribution in [2.24, 2.45) is 0 Å². The van der Waals surface area contributed by atoms with Crippen molar-refractivity contribution in [3.05, 3.63) is 28.8 Å². The van der Waals surface area contributed by atoms with Gasteiger partial charge in [0, 0.05) is 12.1 Å². The standard InChI is InChI=1S/C17H25NO2/c1-11-8-16(20-3)12(2)7-15(11)17(19)9-13-5-4-6-14(10-17)18-13/h7-8,13-14,18-19H,4-6,9-10H2,1-3H3. The first-order valence-electron chi connectivity index (χ1n) is 7.66. The van der Waals surface area contributed by atoms with E-state index in [0.717, 1.165) is 35.3 Å². The van der Waals surface area contributed by atoms with E-state index < -0.39 is 5.60 Å². The van der Waals surface area contributed by atoms with Crippen molar-refractivity contribution < 1.29 is 9.84 Å². The minimum atomic E-state index is -0.678. The van der Waals surface area contributed by atoms with Gasteiger partial charge in [-0.15, -0.1) is 0 Å². The number of nitrogens with one attached hydrogen (secondary N) is 1. The highest BCUT2D eigenvalue weighted by Gasteiger charge is 2.42. The summed E-state index contributed by atoms with van der Waals surface area (Å²) in [5, 5.41) is 14.9. The van der Waals surface area contributed by atoms with E-state index in [4.69, 9.17) is 4.74 Å². The summed E-state index contributed by atoms with van der Waals surface area (Å²) in [6.07, 6.45) is 5.32. The molecule has 2 N–H and O–H groups in total. The topological polar surface area (TPSA) is 41.5 Å². The number of hydrogen-bond acceptors (Lipinski definition) is 3. The molecule has 2 atom stereocenters. The van der Waals surface area contributed by atoms with Crippen LogP contribution in [-0.4, -0.2) is 24.3 Å². The second-order valence-electron chi connectivity index (χ2n) is 6.57. The molecule has 0 saturated carbocycles. The number of benzene rings is 1. The highest BCUT2D eigenvalue weighted by atomic mass is 16.5. The van der Waals surface area contributed by atoms with Crippen LogP contribution in [0.3, 0.4) is 0 Å². The minimum Gasteiger partial charge on any atom is -0.496 e. The third kappa shape index (κ3) is 2.33. The summed E-state index contributed by atoms with van der Waals surface area (Å²) in [4.78, 5) is 0. The van der Waals surface area contributed by atoms with Gasteiger partial charge in [-0.05, 0) is 68.4 Å². The average Bonchev–Trinajstić information content (AvgIpc) is 2.40. The molecule has 2 saturated heterocycles. The second kappa shape index (κ2) is 5.05. The molecular weight excluding hydrogens is 250 g/mol.